The molecular formula is C34H44N8O4. The van der Waals surface area contributed by atoms with Crippen molar-refractivity contribution in [2.45, 2.75) is 18.9 Å². The van der Waals surface area contributed by atoms with Crippen LogP contribution in [0.5, 0.6) is 17.4 Å². The number of nitrogens with zero attached hydrogens (tertiary/aromatic N) is 6. The fourth-order valence-electron chi connectivity index (χ4n) is 6.24. The molecule has 0 unspecified atom stereocenters. The van der Waals surface area contributed by atoms with Crippen LogP contribution in [0.2, 0.25) is 0 Å². The number of anilines is 5. The van der Waals surface area contributed by atoms with Crippen molar-refractivity contribution in [2.24, 2.45) is 0 Å². The van der Waals surface area contributed by atoms with E-state index in [9.17, 15) is 4.79 Å². The quantitative estimate of drug-likeness (QED) is 0.316. The van der Waals surface area contributed by atoms with Crippen LogP contribution in [0.25, 0.3) is 0 Å². The molecule has 244 valence electrons. The zero-order valence-electron chi connectivity index (χ0n) is 26.8. The second-order valence-corrected chi connectivity index (χ2v) is 11.9. The Bertz CT molecular complexity index is 1500. The number of nitrogens with one attached hydrogen (secondary N) is 2. The van der Waals surface area contributed by atoms with Crippen molar-refractivity contribution in [3.63, 3.8) is 0 Å². The summed E-state index contributed by atoms with van der Waals surface area (Å²) in [5, 5.41) is 6.11. The van der Waals surface area contributed by atoms with Crippen LogP contribution in [0.3, 0.4) is 0 Å². The van der Waals surface area contributed by atoms with Gasteiger partial charge in [0.2, 0.25) is 17.7 Å². The summed E-state index contributed by atoms with van der Waals surface area (Å²) in [6.45, 7) is 12.8. The Balaban J connectivity index is 1.17. The summed E-state index contributed by atoms with van der Waals surface area (Å²) < 4.78 is 17.7. The molecule has 6 rings (SSSR count). The predicted molar refractivity (Wildman–Crippen MR) is 181 cm³/mol. The van der Waals surface area contributed by atoms with Crippen molar-refractivity contribution in [1.29, 1.82) is 0 Å². The molecule has 0 saturated carbocycles. The fraction of sp³-hybridized carbons (Fsp3) is 0.441. The summed E-state index contributed by atoms with van der Waals surface area (Å²) in [7, 11) is 3.89. The summed E-state index contributed by atoms with van der Waals surface area (Å²) in [4.78, 5) is 30.9. The second-order valence-electron chi connectivity index (χ2n) is 11.9. The Kier molecular flexibility index (Phi) is 10.2. The third kappa shape index (κ3) is 7.69. The number of likely N-dealkylation sites (N-methyl/N-ethyl adjacent to an activating group) is 1. The summed E-state index contributed by atoms with van der Waals surface area (Å²) in [6, 6.07) is 14.1. The van der Waals surface area contributed by atoms with Crippen molar-refractivity contribution in [2.75, 3.05) is 100 Å². The number of hydrogen-bond donors (Lipinski definition) is 2. The number of carbonyl (C=O) groups is 1. The lowest BCUT2D eigenvalue weighted by Gasteiger charge is -2.42. The third-order valence-corrected chi connectivity index (χ3v) is 8.90. The van der Waals surface area contributed by atoms with E-state index in [0.29, 0.717) is 61.4 Å². The SMILES string of the molecule is C=CC(=O)Nc1cccc(Oc2nc(Nc3ccc(N4CCC(N5CCN(C)CC5)CC4)cc3OC)ncc2N2CCOCC2)c1. The molecule has 1 aromatic heterocycles. The molecule has 3 aliphatic rings. The molecule has 2 aromatic carbocycles. The van der Waals surface area contributed by atoms with Crippen LogP contribution < -0.4 is 29.9 Å². The minimum absolute atomic E-state index is 0.296. The molecule has 0 aliphatic carbocycles. The molecule has 1 amide bonds. The first-order chi connectivity index (χ1) is 22.5. The van der Waals surface area contributed by atoms with Gasteiger partial charge in [0.05, 0.1) is 32.2 Å². The van der Waals surface area contributed by atoms with Gasteiger partial charge in [0, 0.05) is 81.9 Å². The maximum atomic E-state index is 11.8. The number of ether oxygens (including phenoxy) is 3. The van der Waals surface area contributed by atoms with Gasteiger partial charge in [-0.05, 0) is 50.2 Å². The van der Waals surface area contributed by atoms with Gasteiger partial charge in [0.15, 0.2) is 0 Å². The zero-order valence-corrected chi connectivity index (χ0v) is 26.8. The number of hydrogen-bond acceptors (Lipinski definition) is 11. The van der Waals surface area contributed by atoms with Gasteiger partial charge >= 0.3 is 0 Å². The number of piperazine rings is 1. The van der Waals surface area contributed by atoms with Gasteiger partial charge in [-0.25, -0.2) is 4.98 Å². The van der Waals surface area contributed by atoms with Crippen molar-refractivity contribution in [3.8, 4) is 17.4 Å². The van der Waals surface area contributed by atoms with Crippen LogP contribution in [-0.4, -0.2) is 111 Å². The van der Waals surface area contributed by atoms with Crippen LogP contribution in [0.15, 0.2) is 61.3 Å². The molecule has 0 bridgehead atoms. The average Bonchev–Trinajstić information content (AvgIpc) is 3.09. The maximum Gasteiger partial charge on any atom is 0.248 e. The van der Waals surface area contributed by atoms with Gasteiger partial charge in [-0.3, -0.25) is 9.69 Å². The van der Waals surface area contributed by atoms with Gasteiger partial charge in [-0.15, -0.1) is 0 Å². The number of benzene rings is 2. The van der Waals surface area contributed by atoms with E-state index in [1.54, 1.807) is 25.4 Å². The largest absolute Gasteiger partial charge is 0.494 e. The molecule has 4 heterocycles. The number of carbonyl (C=O) groups excluding carboxylic acids is 1. The van der Waals surface area contributed by atoms with E-state index >= 15 is 0 Å². The highest BCUT2D eigenvalue weighted by atomic mass is 16.5. The van der Waals surface area contributed by atoms with E-state index in [0.717, 1.165) is 56.3 Å². The second kappa shape index (κ2) is 14.8. The smallest absolute Gasteiger partial charge is 0.248 e. The summed E-state index contributed by atoms with van der Waals surface area (Å²) >= 11 is 0. The standard InChI is InChI=1S/C34H44N8O4/c1-4-32(43)36-25-6-5-7-28(22-25)46-33-30(42-18-20-45-21-19-42)24-35-34(38-33)37-29-9-8-27(23-31(29)44-3)40-12-10-26(11-13-40)41-16-14-39(2)15-17-41/h4-9,22-24,26H,1,10-21H2,2-3H3,(H,36,43)(H,35,37,38). The highest BCUT2D eigenvalue weighted by Crippen LogP contribution is 2.36. The number of methoxy groups -OCH3 is 1. The molecule has 0 atom stereocenters. The summed E-state index contributed by atoms with van der Waals surface area (Å²) in [5.74, 6) is 1.72. The van der Waals surface area contributed by atoms with Crippen molar-refractivity contribution >= 4 is 34.6 Å². The molecule has 3 fully saturated rings. The molecule has 12 heteroatoms. The fourth-order valence-corrected chi connectivity index (χ4v) is 6.24. The number of amides is 1. The Labute approximate surface area is 270 Å². The molecule has 46 heavy (non-hydrogen) atoms. The van der Waals surface area contributed by atoms with Crippen molar-refractivity contribution in [3.05, 3.63) is 61.3 Å². The van der Waals surface area contributed by atoms with Crippen LogP contribution in [0, 0.1) is 0 Å². The lowest BCUT2D eigenvalue weighted by Crippen LogP contribution is -2.52. The molecule has 0 radical (unpaired) electrons. The number of aromatic nitrogens is 2. The summed E-state index contributed by atoms with van der Waals surface area (Å²) in [5.41, 5.74) is 3.26. The minimum Gasteiger partial charge on any atom is -0.494 e. The third-order valence-electron chi connectivity index (χ3n) is 8.90. The molecule has 0 spiro atoms. The maximum absolute atomic E-state index is 11.8. The zero-order chi connectivity index (χ0) is 31.9. The highest BCUT2D eigenvalue weighted by Gasteiger charge is 2.27. The Morgan fingerprint density at radius 3 is 2.52 bits per heavy atom. The first-order valence-corrected chi connectivity index (χ1v) is 16.0. The minimum atomic E-state index is -0.296. The molecule has 3 aromatic rings. The Morgan fingerprint density at radius 1 is 1.00 bits per heavy atom. The number of rotatable bonds is 10. The van der Waals surface area contributed by atoms with Gasteiger partial charge in [0.25, 0.3) is 0 Å². The first kappa shape index (κ1) is 31.6. The molecule has 12 nitrogen and oxygen atoms in total. The molecular weight excluding hydrogens is 584 g/mol. The van der Waals surface area contributed by atoms with Gasteiger partial charge < -0.3 is 39.5 Å². The normalized spacial score (nSPS) is 18.2. The van der Waals surface area contributed by atoms with E-state index in [-0.39, 0.29) is 5.91 Å². The molecule has 3 aliphatic heterocycles. The number of morpholine rings is 1. The van der Waals surface area contributed by atoms with Crippen molar-refractivity contribution in [1.82, 2.24) is 19.8 Å². The molecule has 2 N–H and O–H groups in total. The van der Waals surface area contributed by atoms with Gasteiger partial charge in [-0.1, -0.05) is 12.6 Å². The van der Waals surface area contributed by atoms with Gasteiger partial charge in [0.1, 0.15) is 17.2 Å². The lowest BCUT2D eigenvalue weighted by molar-refractivity contribution is -0.111. The van der Waals surface area contributed by atoms with Crippen LogP contribution >= 0.6 is 0 Å². The average molecular weight is 629 g/mol. The van der Waals surface area contributed by atoms with Crippen LogP contribution in [-0.2, 0) is 9.53 Å². The topological polar surface area (TPSA) is 108 Å². The summed E-state index contributed by atoms with van der Waals surface area (Å²) in [6.07, 6.45) is 5.33. The predicted octanol–water partition coefficient (Wildman–Crippen LogP) is 4.20. The Morgan fingerprint density at radius 2 is 1.78 bits per heavy atom. The number of piperidine rings is 1. The van der Waals surface area contributed by atoms with Crippen LogP contribution in [0.4, 0.5) is 28.7 Å². The lowest BCUT2D eigenvalue weighted by atomic mass is 10.0. The van der Waals surface area contributed by atoms with Crippen molar-refractivity contribution < 1.29 is 19.0 Å². The van der Waals surface area contributed by atoms with E-state index in [1.807, 2.05) is 18.2 Å². The molecule has 3 saturated heterocycles. The monoisotopic (exact) mass is 628 g/mol. The highest BCUT2D eigenvalue weighted by molar-refractivity contribution is 5.98. The van der Waals surface area contributed by atoms with E-state index in [4.69, 9.17) is 19.2 Å². The van der Waals surface area contributed by atoms with E-state index in [2.05, 4.69) is 61.0 Å². The Hall–Kier alpha value is -4.39. The first-order valence-electron chi connectivity index (χ1n) is 16.0. The van der Waals surface area contributed by atoms with E-state index < -0.39 is 0 Å². The van der Waals surface area contributed by atoms with Gasteiger partial charge in [-0.2, -0.15) is 4.98 Å². The van der Waals surface area contributed by atoms with Crippen LogP contribution in [0.1, 0.15) is 12.8 Å². The van der Waals surface area contributed by atoms with E-state index in [1.165, 1.54) is 18.9 Å².